The Kier molecular flexibility index (Phi) is 5.29. The number of likely N-dealkylation sites (tertiary alicyclic amines) is 1. The van der Waals surface area contributed by atoms with Crippen LogP contribution in [-0.2, 0) is 16.0 Å². The zero-order chi connectivity index (χ0) is 17.0. The monoisotopic (exact) mass is 319 g/mol. The van der Waals surface area contributed by atoms with Crippen LogP contribution in [0.3, 0.4) is 0 Å². The van der Waals surface area contributed by atoms with Crippen LogP contribution >= 0.6 is 0 Å². The summed E-state index contributed by atoms with van der Waals surface area (Å²) in [6, 6.07) is 7.67. The maximum Gasteiger partial charge on any atom is 0.410 e. The summed E-state index contributed by atoms with van der Waals surface area (Å²) < 4.78 is 10.8. The molecule has 23 heavy (non-hydrogen) atoms. The maximum absolute atomic E-state index is 12.2. The highest BCUT2D eigenvalue weighted by Gasteiger charge is 2.32. The molecule has 1 aromatic carbocycles. The third-order valence-electron chi connectivity index (χ3n) is 3.83. The zero-order valence-electron chi connectivity index (χ0n) is 14.3. The Hall–Kier alpha value is -2.04. The van der Waals surface area contributed by atoms with Gasteiger partial charge in [-0.05, 0) is 38.8 Å². The first-order valence-electron chi connectivity index (χ1n) is 7.92. The van der Waals surface area contributed by atoms with Crippen LogP contribution in [0.15, 0.2) is 24.3 Å². The van der Waals surface area contributed by atoms with Crippen molar-refractivity contribution in [2.24, 2.45) is 5.92 Å². The molecule has 1 atom stereocenters. The molecule has 1 aromatic rings. The predicted molar refractivity (Wildman–Crippen MR) is 87.6 cm³/mol. The van der Waals surface area contributed by atoms with Gasteiger partial charge < -0.3 is 14.4 Å². The van der Waals surface area contributed by atoms with Crippen LogP contribution < -0.4 is 4.74 Å². The van der Waals surface area contributed by atoms with Gasteiger partial charge in [0.2, 0.25) is 0 Å². The standard InChI is InChI=1S/C18H25NO4/c1-18(2,3)23-17(21)19-10-9-15(20)14(12-19)11-13-7-5-6-8-16(13)22-4/h5-8,14H,9-12H2,1-4H3. The van der Waals surface area contributed by atoms with E-state index in [9.17, 15) is 9.59 Å². The molecule has 5 heteroatoms. The molecule has 1 fully saturated rings. The second-order valence-electron chi connectivity index (χ2n) is 6.86. The van der Waals surface area contributed by atoms with Gasteiger partial charge >= 0.3 is 6.09 Å². The minimum Gasteiger partial charge on any atom is -0.496 e. The first kappa shape index (κ1) is 17.3. The summed E-state index contributed by atoms with van der Waals surface area (Å²) in [4.78, 5) is 26.1. The Morgan fingerprint density at radius 3 is 2.65 bits per heavy atom. The zero-order valence-corrected chi connectivity index (χ0v) is 14.3. The van der Waals surface area contributed by atoms with E-state index in [-0.39, 0.29) is 17.8 Å². The quantitative estimate of drug-likeness (QED) is 0.859. The number of nitrogens with zero attached hydrogens (tertiary/aromatic N) is 1. The number of carbonyl (C=O) groups excluding carboxylic acids is 2. The number of methoxy groups -OCH3 is 1. The van der Waals surface area contributed by atoms with Gasteiger partial charge in [-0.15, -0.1) is 0 Å². The van der Waals surface area contributed by atoms with Crippen molar-refractivity contribution in [2.45, 2.75) is 39.2 Å². The molecule has 0 aliphatic carbocycles. The summed E-state index contributed by atoms with van der Waals surface area (Å²) in [6.07, 6.45) is 0.594. The average Bonchev–Trinajstić information content (AvgIpc) is 2.48. The van der Waals surface area contributed by atoms with Crippen molar-refractivity contribution < 1.29 is 19.1 Å². The molecule has 0 aromatic heterocycles. The van der Waals surface area contributed by atoms with Gasteiger partial charge in [-0.1, -0.05) is 18.2 Å². The Bertz CT molecular complexity index is 577. The highest BCUT2D eigenvalue weighted by Crippen LogP contribution is 2.25. The Morgan fingerprint density at radius 2 is 2.00 bits per heavy atom. The Labute approximate surface area is 137 Å². The number of rotatable bonds is 3. The number of hydrogen-bond donors (Lipinski definition) is 0. The molecular formula is C18H25NO4. The van der Waals surface area contributed by atoms with Gasteiger partial charge in [-0.25, -0.2) is 4.79 Å². The smallest absolute Gasteiger partial charge is 0.410 e. The van der Waals surface area contributed by atoms with Crippen LogP contribution in [0, 0.1) is 5.92 Å². The molecule has 1 saturated heterocycles. The number of piperidine rings is 1. The van der Waals surface area contributed by atoms with Crippen LogP contribution in [0.5, 0.6) is 5.75 Å². The molecule has 1 amide bonds. The minimum atomic E-state index is -0.531. The summed E-state index contributed by atoms with van der Waals surface area (Å²) >= 11 is 0. The van der Waals surface area contributed by atoms with E-state index in [1.807, 2.05) is 45.0 Å². The van der Waals surface area contributed by atoms with Crippen molar-refractivity contribution in [1.29, 1.82) is 0 Å². The van der Waals surface area contributed by atoms with Crippen LogP contribution in [-0.4, -0.2) is 42.6 Å². The van der Waals surface area contributed by atoms with Gasteiger partial charge in [-0.2, -0.15) is 0 Å². The Balaban J connectivity index is 2.06. The third-order valence-corrected chi connectivity index (χ3v) is 3.83. The fraction of sp³-hybridized carbons (Fsp3) is 0.556. The number of ether oxygens (including phenoxy) is 2. The van der Waals surface area contributed by atoms with Gasteiger partial charge in [-0.3, -0.25) is 4.79 Å². The summed E-state index contributed by atoms with van der Waals surface area (Å²) in [6.45, 7) is 6.34. The summed E-state index contributed by atoms with van der Waals surface area (Å²) in [7, 11) is 1.62. The van der Waals surface area contributed by atoms with E-state index in [0.717, 1.165) is 11.3 Å². The second kappa shape index (κ2) is 7.02. The molecule has 1 aliphatic rings. The molecule has 0 spiro atoms. The molecule has 0 saturated carbocycles. The first-order valence-corrected chi connectivity index (χ1v) is 7.92. The largest absolute Gasteiger partial charge is 0.496 e. The first-order chi connectivity index (χ1) is 10.8. The Morgan fingerprint density at radius 1 is 1.30 bits per heavy atom. The molecule has 1 heterocycles. The lowest BCUT2D eigenvalue weighted by atomic mass is 9.90. The van der Waals surface area contributed by atoms with Gasteiger partial charge in [0.05, 0.1) is 7.11 Å². The summed E-state index contributed by atoms with van der Waals surface area (Å²) in [5.74, 6) is 0.748. The van der Waals surface area contributed by atoms with Crippen LogP contribution in [0.4, 0.5) is 4.79 Å². The van der Waals surface area contributed by atoms with Crippen molar-refractivity contribution >= 4 is 11.9 Å². The summed E-state index contributed by atoms with van der Waals surface area (Å²) in [5, 5.41) is 0. The minimum absolute atomic E-state index is 0.190. The molecule has 0 bridgehead atoms. The van der Waals surface area contributed by atoms with E-state index < -0.39 is 5.60 Å². The van der Waals surface area contributed by atoms with E-state index in [1.165, 1.54) is 0 Å². The second-order valence-corrected chi connectivity index (χ2v) is 6.86. The SMILES string of the molecule is COc1ccccc1CC1CN(C(=O)OC(C)(C)C)CCC1=O. The molecule has 1 unspecified atom stereocenters. The molecule has 0 N–H and O–H groups in total. The van der Waals surface area contributed by atoms with E-state index in [0.29, 0.717) is 25.9 Å². The lowest BCUT2D eigenvalue weighted by Crippen LogP contribution is -2.46. The molecule has 5 nitrogen and oxygen atoms in total. The highest BCUT2D eigenvalue weighted by molar-refractivity contribution is 5.84. The molecule has 1 aliphatic heterocycles. The fourth-order valence-corrected chi connectivity index (χ4v) is 2.72. The van der Waals surface area contributed by atoms with Crippen LogP contribution in [0.25, 0.3) is 0 Å². The van der Waals surface area contributed by atoms with Crippen molar-refractivity contribution in [1.82, 2.24) is 4.90 Å². The number of carbonyl (C=O) groups is 2. The highest BCUT2D eigenvalue weighted by atomic mass is 16.6. The number of Topliss-reactive ketones (excluding diaryl/α,β-unsaturated/α-hetero) is 1. The summed E-state index contributed by atoms with van der Waals surface area (Å²) in [5.41, 5.74) is 0.454. The normalized spacial score (nSPS) is 18.7. The topological polar surface area (TPSA) is 55.8 Å². The van der Waals surface area contributed by atoms with Crippen molar-refractivity contribution in [2.75, 3.05) is 20.2 Å². The average molecular weight is 319 g/mol. The maximum atomic E-state index is 12.2. The van der Waals surface area contributed by atoms with Gasteiger partial charge in [0.1, 0.15) is 17.1 Å². The molecule has 0 radical (unpaired) electrons. The fourth-order valence-electron chi connectivity index (χ4n) is 2.72. The number of amides is 1. The van der Waals surface area contributed by atoms with Crippen molar-refractivity contribution in [3.63, 3.8) is 0 Å². The number of ketones is 1. The van der Waals surface area contributed by atoms with Crippen LogP contribution in [0.2, 0.25) is 0 Å². The number of hydrogen-bond acceptors (Lipinski definition) is 4. The third kappa shape index (κ3) is 4.71. The van der Waals surface area contributed by atoms with E-state index in [1.54, 1.807) is 12.0 Å². The van der Waals surface area contributed by atoms with Crippen molar-refractivity contribution in [3.05, 3.63) is 29.8 Å². The lowest BCUT2D eigenvalue weighted by molar-refractivity contribution is -0.125. The van der Waals surface area contributed by atoms with Crippen molar-refractivity contribution in [3.8, 4) is 5.75 Å². The molecule has 126 valence electrons. The molecular weight excluding hydrogens is 294 g/mol. The number of para-hydroxylation sites is 1. The van der Waals surface area contributed by atoms with E-state index in [2.05, 4.69) is 0 Å². The number of benzene rings is 1. The van der Waals surface area contributed by atoms with Gasteiger partial charge in [0, 0.05) is 25.4 Å². The lowest BCUT2D eigenvalue weighted by Gasteiger charge is -2.33. The van der Waals surface area contributed by atoms with Gasteiger partial charge in [0.15, 0.2) is 0 Å². The van der Waals surface area contributed by atoms with Crippen LogP contribution in [0.1, 0.15) is 32.8 Å². The predicted octanol–water partition coefficient (Wildman–Crippen LogP) is 3.06. The van der Waals surface area contributed by atoms with Gasteiger partial charge in [0.25, 0.3) is 0 Å². The van der Waals surface area contributed by atoms with E-state index in [4.69, 9.17) is 9.47 Å². The molecule has 2 rings (SSSR count). The van der Waals surface area contributed by atoms with E-state index >= 15 is 0 Å².